The van der Waals surface area contributed by atoms with Gasteiger partial charge in [-0.3, -0.25) is 0 Å². The van der Waals surface area contributed by atoms with E-state index in [1.54, 1.807) is 6.26 Å². The number of benzene rings is 1. The highest BCUT2D eigenvalue weighted by Gasteiger charge is 2.20. The zero-order valence-electron chi connectivity index (χ0n) is 13.7. The maximum Gasteiger partial charge on any atom is 0.247 e. The summed E-state index contributed by atoms with van der Waals surface area (Å²) in [6.07, 6.45) is 1.61. The third-order valence-electron chi connectivity index (χ3n) is 3.67. The van der Waals surface area contributed by atoms with Gasteiger partial charge in [0.2, 0.25) is 11.8 Å². The molecule has 4 rings (SSSR count). The molecule has 7 nitrogen and oxygen atoms in total. The van der Waals surface area contributed by atoms with E-state index >= 15 is 0 Å². The van der Waals surface area contributed by atoms with Crippen LogP contribution in [0.4, 0.5) is 0 Å². The Morgan fingerprint density at radius 3 is 2.60 bits per heavy atom. The SMILES string of the molecule is C[C@H](Sc1nnc(-c2ccco2)n1C)c1nnc(-c2ccccc2)o1. The molecule has 8 heteroatoms. The summed E-state index contributed by atoms with van der Waals surface area (Å²) in [5.41, 5.74) is 0.900. The Kier molecular flexibility index (Phi) is 4.10. The average molecular weight is 353 g/mol. The molecule has 0 saturated heterocycles. The van der Waals surface area contributed by atoms with E-state index in [1.165, 1.54) is 11.8 Å². The number of hydrogen-bond donors (Lipinski definition) is 0. The van der Waals surface area contributed by atoms with Crippen LogP contribution in [0.1, 0.15) is 18.1 Å². The highest BCUT2D eigenvalue weighted by atomic mass is 32.2. The molecular weight excluding hydrogens is 338 g/mol. The Morgan fingerprint density at radius 1 is 1.00 bits per heavy atom. The van der Waals surface area contributed by atoms with E-state index in [-0.39, 0.29) is 5.25 Å². The van der Waals surface area contributed by atoms with Crippen LogP contribution < -0.4 is 0 Å². The summed E-state index contributed by atoms with van der Waals surface area (Å²) in [5, 5.41) is 17.4. The van der Waals surface area contributed by atoms with Gasteiger partial charge in [0.15, 0.2) is 16.7 Å². The van der Waals surface area contributed by atoms with Crippen LogP contribution in [0.2, 0.25) is 0 Å². The zero-order chi connectivity index (χ0) is 17.2. The maximum absolute atomic E-state index is 5.80. The number of hydrogen-bond acceptors (Lipinski definition) is 7. The van der Waals surface area contributed by atoms with Gasteiger partial charge in [-0.05, 0) is 31.2 Å². The molecule has 1 aromatic carbocycles. The molecule has 4 aromatic rings. The molecule has 0 radical (unpaired) electrons. The first-order valence-corrected chi connectivity index (χ1v) is 8.59. The van der Waals surface area contributed by atoms with E-state index in [0.29, 0.717) is 23.4 Å². The van der Waals surface area contributed by atoms with Crippen LogP contribution >= 0.6 is 11.8 Å². The molecule has 0 aliphatic rings. The fraction of sp³-hybridized carbons (Fsp3) is 0.176. The monoisotopic (exact) mass is 353 g/mol. The molecule has 0 spiro atoms. The largest absolute Gasteiger partial charge is 0.461 e. The standard InChI is InChI=1S/C17H15N5O2S/c1-11(15-19-20-16(24-15)12-7-4-3-5-8-12)25-17-21-18-14(22(17)2)13-9-6-10-23-13/h3-11H,1-2H3/t11-/m0/s1. The van der Waals surface area contributed by atoms with Crippen molar-refractivity contribution >= 4 is 11.8 Å². The maximum atomic E-state index is 5.80. The van der Waals surface area contributed by atoms with Gasteiger partial charge in [-0.1, -0.05) is 30.0 Å². The molecule has 0 fully saturated rings. The lowest BCUT2D eigenvalue weighted by Crippen LogP contribution is -1.96. The third kappa shape index (κ3) is 3.08. The van der Waals surface area contributed by atoms with Crippen molar-refractivity contribution < 1.29 is 8.83 Å². The lowest BCUT2D eigenvalue weighted by molar-refractivity contribution is 0.508. The average Bonchev–Trinajstić information content (AvgIpc) is 3.37. The Morgan fingerprint density at radius 2 is 1.84 bits per heavy atom. The lowest BCUT2D eigenvalue weighted by atomic mass is 10.2. The molecule has 0 aliphatic heterocycles. The first kappa shape index (κ1) is 15.6. The smallest absolute Gasteiger partial charge is 0.247 e. The van der Waals surface area contributed by atoms with Crippen molar-refractivity contribution in [2.75, 3.05) is 0 Å². The molecule has 0 amide bonds. The van der Waals surface area contributed by atoms with E-state index in [1.807, 2.05) is 61.0 Å². The highest BCUT2D eigenvalue weighted by molar-refractivity contribution is 7.99. The predicted molar refractivity (Wildman–Crippen MR) is 92.7 cm³/mol. The fourth-order valence-corrected chi connectivity index (χ4v) is 3.19. The molecule has 3 aromatic heterocycles. The predicted octanol–water partition coefficient (Wildman–Crippen LogP) is 3.98. The van der Waals surface area contributed by atoms with Crippen molar-refractivity contribution in [3.8, 4) is 23.0 Å². The molecule has 3 heterocycles. The van der Waals surface area contributed by atoms with E-state index in [0.717, 1.165) is 10.7 Å². The molecular formula is C17H15N5O2S. The molecule has 126 valence electrons. The van der Waals surface area contributed by atoms with E-state index in [9.17, 15) is 0 Å². The molecule has 25 heavy (non-hydrogen) atoms. The third-order valence-corrected chi connectivity index (χ3v) is 4.79. The van der Waals surface area contributed by atoms with Crippen LogP contribution in [0.25, 0.3) is 23.0 Å². The van der Waals surface area contributed by atoms with Crippen LogP contribution in [-0.4, -0.2) is 25.0 Å². The van der Waals surface area contributed by atoms with Gasteiger partial charge in [0.05, 0.1) is 11.5 Å². The number of thioether (sulfide) groups is 1. The van der Waals surface area contributed by atoms with Crippen LogP contribution in [0, 0.1) is 0 Å². The minimum absolute atomic E-state index is 0.0580. The number of nitrogens with zero attached hydrogens (tertiary/aromatic N) is 5. The van der Waals surface area contributed by atoms with Crippen molar-refractivity contribution in [2.24, 2.45) is 7.05 Å². The fourth-order valence-electron chi connectivity index (χ4n) is 2.34. The normalized spacial score (nSPS) is 12.4. The van der Waals surface area contributed by atoms with Gasteiger partial charge in [0.1, 0.15) is 0 Å². The van der Waals surface area contributed by atoms with Crippen molar-refractivity contribution in [1.29, 1.82) is 0 Å². The first-order valence-electron chi connectivity index (χ1n) is 7.71. The second kappa shape index (κ2) is 6.56. The highest BCUT2D eigenvalue weighted by Crippen LogP contribution is 2.35. The van der Waals surface area contributed by atoms with Crippen molar-refractivity contribution in [1.82, 2.24) is 25.0 Å². The summed E-state index contributed by atoms with van der Waals surface area (Å²) < 4.78 is 13.1. The summed E-state index contributed by atoms with van der Waals surface area (Å²) >= 11 is 1.50. The first-order chi connectivity index (χ1) is 12.2. The number of rotatable bonds is 5. The zero-order valence-corrected chi connectivity index (χ0v) is 14.5. The van der Waals surface area contributed by atoms with E-state index < -0.39 is 0 Å². The van der Waals surface area contributed by atoms with Crippen LogP contribution in [0.15, 0.2) is 62.7 Å². The van der Waals surface area contributed by atoms with Gasteiger partial charge in [0.25, 0.3) is 0 Å². The lowest BCUT2D eigenvalue weighted by Gasteiger charge is -2.06. The Labute approximate surface area is 148 Å². The van der Waals surface area contributed by atoms with Crippen LogP contribution in [0.5, 0.6) is 0 Å². The van der Waals surface area contributed by atoms with Gasteiger partial charge in [-0.25, -0.2) is 0 Å². The summed E-state index contributed by atoms with van der Waals surface area (Å²) in [4.78, 5) is 0. The Bertz CT molecular complexity index is 962. The van der Waals surface area contributed by atoms with E-state index in [2.05, 4.69) is 20.4 Å². The van der Waals surface area contributed by atoms with Crippen LogP contribution in [-0.2, 0) is 7.05 Å². The van der Waals surface area contributed by atoms with E-state index in [4.69, 9.17) is 8.83 Å². The van der Waals surface area contributed by atoms with Gasteiger partial charge in [-0.2, -0.15) is 0 Å². The number of furan rings is 1. The molecule has 1 atom stereocenters. The Balaban J connectivity index is 1.53. The van der Waals surface area contributed by atoms with Crippen LogP contribution in [0.3, 0.4) is 0 Å². The molecule has 0 aliphatic carbocycles. The second-order valence-corrected chi connectivity index (χ2v) is 6.72. The Hall–Kier alpha value is -2.87. The number of aromatic nitrogens is 5. The van der Waals surface area contributed by atoms with Crippen molar-refractivity contribution in [2.45, 2.75) is 17.3 Å². The molecule has 0 bridgehead atoms. The summed E-state index contributed by atoms with van der Waals surface area (Å²) in [7, 11) is 1.90. The summed E-state index contributed by atoms with van der Waals surface area (Å²) in [5.74, 6) is 2.41. The minimum atomic E-state index is -0.0580. The molecule has 0 unspecified atom stereocenters. The molecule has 0 saturated carbocycles. The topological polar surface area (TPSA) is 82.8 Å². The second-order valence-electron chi connectivity index (χ2n) is 5.41. The molecule has 0 N–H and O–H groups in total. The summed E-state index contributed by atoms with van der Waals surface area (Å²) in [6.45, 7) is 1.99. The van der Waals surface area contributed by atoms with Gasteiger partial charge in [0, 0.05) is 12.6 Å². The summed E-state index contributed by atoms with van der Waals surface area (Å²) in [6, 6.07) is 13.4. The minimum Gasteiger partial charge on any atom is -0.461 e. The van der Waals surface area contributed by atoms with Gasteiger partial charge in [-0.15, -0.1) is 20.4 Å². The van der Waals surface area contributed by atoms with Gasteiger partial charge < -0.3 is 13.4 Å². The van der Waals surface area contributed by atoms with Gasteiger partial charge >= 0.3 is 0 Å². The quantitative estimate of drug-likeness (QED) is 0.502. The van der Waals surface area contributed by atoms with Crippen molar-refractivity contribution in [3.05, 3.63) is 54.6 Å². The van der Waals surface area contributed by atoms with Crippen molar-refractivity contribution in [3.63, 3.8) is 0 Å².